The van der Waals surface area contributed by atoms with E-state index in [2.05, 4.69) is 23.2 Å². The number of aromatic amines is 1. The molecule has 0 atom stereocenters. The van der Waals surface area contributed by atoms with Crippen LogP contribution in [-0.4, -0.2) is 0 Å². The fraction of sp³-hybridized carbons (Fsp3) is 0.0714. The summed E-state index contributed by atoms with van der Waals surface area (Å²) in [5.41, 5.74) is 14.7. The van der Waals surface area contributed by atoms with Gasteiger partial charge in [-0.25, -0.2) is 4.98 Å². The zero-order chi connectivity index (χ0) is 11.8. The zero-order valence-electron chi connectivity index (χ0n) is 9.73. The summed E-state index contributed by atoms with van der Waals surface area (Å²) in [6.07, 6.45) is -0.451. The molecule has 18 heavy (non-hydrogen) atoms. The Kier molecular flexibility index (Phi) is 3.48. The predicted molar refractivity (Wildman–Crippen MR) is 69.1 cm³/mol. The number of rotatable bonds is 1. The molecule has 1 aromatic heterocycles. The van der Waals surface area contributed by atoms with Crippen molar-refractivity contribution in [1.29, 1.82) is 0 Å². The minimum atomic E-state index is -0.451. The van der Waals surface area contributed by atoms with Gasteiger partial charge in [0.2, 0.25) is 11.0 Å². The Labute approximate surface area is 111 Å². The first-order valence-corrected chi connectivity index (χ1v) is 5.60. The zero-order valence-corrected chi connectivity index (χ0v) is 10.5. The van der Waals surface area contributed by atoms with E-state index < -0.39 is 6.17 Å². The summed E-state index contributed by atoms with van der Waals surface area (Å²) >= 11 is 0. The predicted octanol–water partition coefficient (Wildman–Crippen LogP) is -1.27. The minimum Gasteiger partial charge on any atom is -1.00 e. The SMILES string of the molecule is NC(N)c1cccc2[nH+]c3ccccc3cc12.[Cl-]. The highest BCUT2D eigenvalue weighted by Gasteiger charge is 2.11. The van der Waals surface area contributed by atoms with Gasteiger partial charge in [-0.1, -0.05) is 24.3 Å². The van der Waals surface area contributed by atoms with Gasteiger partial charge >= 0.3 is 0 Å². The van der Waals surface area contributed by atoms with Crippen molar-refractivity contribution in [2.24, 2.45) is 11.5 Å². The Balaban J connectivity index is 0.00000120. The monoisotopic (exact) mass is 259 g/mol. The first-order valence-electron chi connectivity index (χ1n) is 5.60. The molecule has 0 aliphatic heterocycles. The number of fused-ring (bicyclic) bond motifs is 2. The second-order valence-corrected chi connectivity index (χ2v) is 4.19. The van der Waals surface area contributed by atoms with E-state index in [0.29, 0.717) is 0 Å². The van der Waals surface area contributed by atoms with E-state index in [1.807, 2.05) is 30.3 Å². The fourth-order valence-corrected chi connectivity index (χ4v) is 2.18. The number of nitrogens with one attached hydrogen (secondary N) is 1. The standard InChI is InChI=1S/C14H13N3.ClH/c15-14(16)10-5-3-7-13-11(10)8-9-4-1-2-6-12(9)17-13;/h1-8,14H,15-16H2;1H. The van der Waals surface area contributed by atoms with Crippen LogP contribution in [0.3, 0.4) is 0 Å². The molecule has 3 rings (SSSR count). The highest BCUT2D eigenvalue weighted by atomic mass is 35.5. The van der Waals surface area contributed by atoms with Crippen molar-refractivity contribution in [1.82, 2.24) is 0 Å². The topological polar surface area (TPSA) is 66.2 Å². The lowest BCUT2D eigenvalue weighted by Crippen LogP contribution is -3.00. The third-order valence-electron chi connectivity index (χ3n) is 3.03. The lowest BCUT2D eigenvalue weighted by molar-refractivity contribution is -0.310. The molecule has 92 valence electrons. The van der Waals surface area contributed by atoms with Crippen LogP contribution in [0.2, 0.25) is 0 Å². The van der Waals surface area contributed by atoms with Gasteiger partial charge in [-0.3, -0.25) is 0 Å². The molecule has 0 aliphatic carbocycles. The number of pyridine rings is 1. The van der Waals surface area contributed by atoms with Crippen molar-refractivity contribution < 1.29 is 17.4 Å². The van der Waals surface area contributed by atoms with Crippen molar-refractivity contribution >= 4 is 21.8 Å². The number of aromatic nitrogens is 1. The van der Waals surface area contributed by atoms with Gasteiger partial charge in [0.15, 0.2) is 0 Å². The summed E-state index contributed by atoms with van der Waals surface area (Å²) in [6, 6.07) is 16.3. The maximum Gasteiger partial charge on any atom is 0.211 e. The van der Waals surface area contributed by atoms with Crippen LogP contribution in [0.25, 0.3) is 21.8 Å². The molecule has 0 spiro atoms. The molecule has 0 amide bonds. The van der Waals surface area contributed by atoms with Crippen LogP contribution in [0.4, 0.5) is 0 Å². The van der Waals surface area contributed by atoms with Crippen LogP contribution in [-0.2, 0) is 0 Å². The number of hydrogen-bond donors (Lipinski definition) is 2. The number of hydrogen-bond acceptors (Lipinski definition) is 2. The van der Waals surface area contributed by atoms with Crippen LogP contribution >= 0.6 is 0 Å². The molecule has 0 unspecified atom stereocenters. The normalized spacial score (nSPS) is 10.8. The van der Waals surface area contributed by atoms with Crippen molar-refractivity contribution in [3.05, 3.63) is 54.1 Å². The van der Waals surface area contributed by atoms with Gasteiger partial charge in [0.1, 0.15) is 0 Å². The molecule has 2 aromatic carbocycles. The van der Waals surface area contributed by atoms with E-state index >= 15 is 0 Å². The maximum atomic E-state index is 5.79. The molecule has 3 aromatic rings. The maximum absolute atomic E-state index is 5.79. The Bertz CT molecular complexity index is 695. The van der Waals surface area contributed by atoms with Crippen LogP contribution in [0.1, 0.15) is 11.7 Å². The highest BCUT2D eigenvalue weighted by Crippen LogP contribution is 2.21. The molecule has 4 heteroatoms. The summed E-state index contributed by atoms with van der Waals surface area (Å²) in [4.78, 5) is 3.39. The van der Waals surface area contributed by atoms with E-state index in [9.17, 15) is 0 Å². The third-order valence-corrected chi connectivity index (χ3v) is 3.03. The molecular weight excluding hydrogens is 246 g/mol. The fourth-order valence-electron chi connectivity index (χ4n) is 2.18. The van der Waals surface area contributed by atoms with E-state index in [1.165, 1.54) is 0 Å². The largest absolute Gasteiger partial charge is 1.00 e. The minimum absolute atomic E-state index is 0. The van der Waals surface area contributed by atoms with E-state index in [1.54, 1.807) is 0 Å². The Morgan fingerprint density at radius 2 is 1.61 bits per heavy atom. The number of nitrogens with two attached hydrogens (primary N) is 2. The number of benzene rings is 2. The Morgan fingerprint density at radius 1 is 0.889 bits per heavy atom. The first-order chi connectivity index (χ1) is 8.25. The van der Waals surface area contributed by atoms with Gasteiger partial charge in [-0.05, 0) is 17.7 Å². The van der Waals surface area contributed by atoms with Gasteiger partial charge < -0.3 is 23.9 Å². The number of para-hydroxylation sites is 1. The van der Waals surface area contributed by atoms with Gasteiger partial charge in [-0.15, -0.1) is 0 Å². The molecular formula is C14H14ClN3. The quantitative estimate of drug-likeness (QED) is 0.423. The van der Waals surface area contributed by atoms with Crippen LogP contribution in [0.15, 0.2) is 48.5 Å². The number of H-pyrrole nitrogens is 1. The third kappa shape index (κ3) is 2.04. The molecule has 0 saturated carbocycles. The van der Waals surface area contributed by atoms with Crippen LogP contribution in [0, 0.1) is 0 Å². The van der Waals surface area contributed by atoms with E-state index in [-0.39, 0.29) is 12.4 Å². The average Bonchev–Trinajstić information content (AvgIpc) is 2.35. The van der Waals surface area contributed by atoms with Crippen molar-refractivity contribution in [3.8, 4) is 0 Å². The summed E-state index contributed by atoms with van der Waals surface area (Å²) in [5.74, 6) is 0. The summed E-state index contributed by atoms with van der Waals surface area (Å²) in [6.45, 7) is 0. The van der Waals surface area contributed by atoms with E-state index in [0.717, 1.165) is 27.4 Å². The summed E-state index contributed by atoms with van der Waals surface area (Å²) < 4.78 is 0. The highest BCUT2D eigenvalue weighted by molar-refractivity contribution is 5.90. The molecule has 0 saturated heterocycles. The first kappa shape index (κ1) is 12.8. The second kappa shape index (κ2) is 4.90. The van der Waals surface area contributed by atoms with Crippen LogP contribution in [0.5, 0.6) is 0 Å². The molecule has 0 aliphatic rings. The Hall–Kier alpha value is -1.68. The smallest absolute Gasteiger partial charge is 0.211 e. The lowest BCUT2D eigenvalue weighted by Gasteiger charge is -2.07. The molecule has 0 fully saturated rings. The van der Waals surface area contributed by atoms with Crippen molar-refractivity contribution in [2.75, 3.05) is 0 Å². The van der Waals surface area contributed by atoms with Crippen molar-refractivity contribution in [3.63, 3.8) is 0 Å². The molecule has 0 bridgehead atoms. The van der Waals surface area contributed by atoms with Gasteiger partial charge in [0.05, 0.1) is 11.6 Å². The molecule has 5 N–H and O–H groups in total. The molecule has 0 radical (unpaired) electrons. The van der Waals surface area contributed by atoms with E-state index in [4.69, 9.17) is 11.5 Å². The summed E-state index contributed by atoms with van der Waals surface area (Å²) in [7, 11) is 0. The van der Waals surface area contributed by atoms with Crippen molar-refractivity contribution in [2.45, 2.75) is 6.17 Å². The Morgan fingerprint density at radius 3 is 2.39 bits per heavy atom. The lowest BCUT2D eigenvalue weighted by atomic mass is 10.0. The second-order valence-electron chi connectivity index (χ2n) is 4.19. The van der Waals surface area contributed by atoms with Crippen LogP contribution < -0.4 is 28.9 Å². The number of halogens is 1. The average molecular weight is 260 g/mol. The van der Waals surface area contributed by atoms with Gasteiger partial charge in [-0.2, -0.15) is 0 Å². The molecule has 1 heterocycles. The van der Waals surface area contributed by atoms with Gasteiger partial charge in [0.25, 0.3) is 0 Å². The summed E-state index contributed by atoms with van der Waals surface area (Å²) in [5, 5.41) is 2.24. The van der Waals surface area contributed by atoms with Gasteiger partial charge in [0, 0.05) is 17.5 Å². The molecule has 3 nitrogen and oxygen atoms in total.